The molecule has 17 heavy (non-hydrogen) atoms. The van der Waals surface area contributed by atoms with Crippen LogP contribution in [0.1, 0.15) is 31.2 Å². The van der Waals surface area contributed by atoms with Crippen molar-refractivity contribution in [3.8, 4) is 11.5 Å². The first-order valence-electron chi connectivity index (χ1n) is 6.45. The van der Waals surface area contributed by atoms with Gasteiger partial charge in [-0.2, -0.15) is 0 Å². The van der Waals surface area contributed by atoms with E-state index in [2.05, 4.69) is 5.32 Å². The molecule has 0 bridgehead atoms. The Bertz CT molecular complexity index is 420. The lowest BCUT2D eigenvalue weighted by molar-refractivity contribution is 0.301. The summed E-state index contributed by atoms with van der Waals surface area (Å²) >= 11 is 0. The second-order valence-corrected chi connectivity index (χ2v) is 5.38. The molecule has 3 N–H and O–H groups in total. The topological polar surface area (TPSA) is 52.5 Å². The van der Waals surface area contributed by atoms with Crippen molar-refractivity contribution in [3.63, 3.8) is 0 Å². The van der Waals surface area contributed by atoms with Crippen LogP contribution in [0.5, 0.6) is 11.5 Å². The fourth-order valence-electron chi connectivity index (χ4n) is 3.27. The third-order valence-electron chi connectivity index (χ3n) is 4.46. The lowest BCUT2D eigenvalue weighted by Gasteiger charge is -2.31. The molecule has 1 aliphatic carbocycles. The van der Waals surface area contributed by atoms with Crippen molar-refractivity contribution in [2.45, 2.75) is 31.1 Å². The van der Waals surface area contributed by atoms with Gasteiger partial charge in [-0.1, -0.05) is 6.07 Å². The van der Waals surface area contributed by atoms with Gasteiger partial charge in [-0.15, -0.1) is 0 Å². The molecule has 3 nitrogen and oxygen atoms in total. The first-order valence-corrected chi connectivity index (χ1v) is 6.45. The predicted octanol–water partition coefficient (Wildman–Crippen LogP) is 2.13. The number of piperidine rings is 1. The van der Waals surface area contributed by atoms with Gasteiger partial charge in [-0.3, -0.25) is 0 Å². The Labute approximate surface area is 101 Å². The van der Waals surface area contributed by atoms with Gasteiger partial charge in [0.2, 0.25) is 0 Å². The van der Waals surface area contributed by atoms with Crippen LogP contribution in [0.3, 0.4) is 0 Å². The van der Waals surface area contributed by atoms with E-state index in [9.17, 15) is 10.2 Å². The standard InChI is InChI=1S/C14H19NO2/c16-12-2-1-11(9-13(12)17)14(5-6-14)10-3-7-15-8-4-10/h1-2,9-10,15-17H,3-8H2. The summed E-state index contributed by atoms with van der Waals surface area (Å²) in [6.07, 6.45) is 4.90. The molecule has 1 heterocycles. The number of hydrogen-bond acceptors (Lipinski definition) is 3. The predicted molar refractivity (Wildman–Crippen MR) is 66.3 cm³/mol. The molecule has 1 saturated heterocycles. The van der Waals surface area contributed by atoms with Crippen molar-refractivity contribution in [2.24, 2.45) is 5.92 Å². The first kappa shape index (κ1) is 10.9. The monoisotopic (exact) mass is 233 g/mol. The molecule has 0 spiro atoms. The van der Waals surface area contributed by atoms with E-state index in [4.69, 9.17) is 0 Å². The number of hydrogen-bond donors (Lipinski definition) is 3. The Hall–Kier alpha value is -1.22. The molecular formula is C14H19NO2. The number of rotatable bonds is 2. The molecule has 1 saturated carbocycles. The highest BCUT2D eigenvalue weighted by Crippen LogP contribution is 2.57. The maximum atomic E-state index is 9.63. The Balaban J connectivity index is 1.88. The highest BCUT2D eigenvalue weighted by Gasteiger charge is 2.50. The van der Waals surface area contributed by atoms with Crippen molar-refractivity contribution in [2.75, 3.05) is 13.1 Å². The minimum absolute atomic E-state index is 0.0164. The van der Waals surface area contributed by atoms with E-state index in [1.807, 2.05) is 6.07 Å². The van der Waals surface area contributed by atoms with Crippen LogP contribution in [0.25, 0.3) is 0 Å². The maximum absolute atomic E-state index is 9.63. The second kappa shape index (κ2) is 3.91. The molecular weight excluding hydrogens is 214 g/mol. The summed E-state index contributed by atoms with van der Waals surface area (Å²) in [6, 6.07) is 5.35. The fourth-order valence-corrected chi connectivity index (χ4v) is 3.27. The van der Waals surface area contributed by atoms with Gasteiger partial charge >= 0.3 is 0 Å². The molecule has 1 aromatic rings. The van der Waals surface area contributed by atoms with Crippen molar-refractivity contribution in [1.29, 1.82) is 0 Å². The SMILES string of the molecule is Oc1ccc(C2(C3CCNCC3)CC2)cc1O. The van der Waals surface area contributed by atoms with Crippen LogP contribution in [-0.2, 0) is 5.41 Å². The summed E-state index contributed by atoms with van der Waals surface area (Å²) in [5.74, 6) is 0.727. The highest BCUT2D eigenvalue weighted by atomic mass is 16.3. The molecule has 0 amide bonds. The third kappa shape index (κ3) is 1.78. The minimum atomic E-state index is -0.0186. The van der Waals surface area contributed by atoms with E-state index >= 15 is 0 Å². The number of nitrogens with one attached hydrogen (secondary N) is 1. The van der Waals surface area contributed by atoms with Gasteiger partial charge < -0.3 is 15.5 Å². The number of benzene rings is 1. The quantitative estimate of drug-likeness (QED) is 0.686. The van der Waals surface area contributed by atoms with Gasteiger partial charge in [0.25, 0.3) is 0 Å². The van der Waals surface area contributed by atoms with Gasteiger partial charge in [-0.25, -0.2) is 0 Å². The van der Waals surface area contributed by atoms with E-state index in [1.165, 1.54) is 31.2 Å². The van der Waals surface area contributed by atoms with E-state index in [0.29, 0.717) is 0 Å². The zero-order valence-corrected chi connectivity index (χ0v) is 9.95. The van der Waals surface area contributed by atoms with Gasteiger partial charge in [0, 0.05) is 0 Å². The van der Waals surface area contributed by atoms with Crippen LogP contribution in [-0.4, -0.2) is 23.3 Å². The van der Waals surface area contributed by atoms with Crippen molar-refractivity contribution >= 4 is 0 Å². The summed E-state index contributed by atoms with van der Waals surface area (Å²) in [5.41, 5.74) is 1.49. The molecule has 92 valence electrons. The fraction of sp³-hybridized carbons (Fsp3) is 0.571. The van der Waals surface area contributed by atoms with E-state index < -0.39 is 0 Å². The van der Waals surface area contributed by atoms with Crippen molar-refractivity contribution in [3.05, 3.63) is 23.8 Å². The van der Waals surface area contributed by atoms with Crippen LogP contribution in [0, 0.1) is 5.92 Å². The second-order valence-electron chi connectivity index (χ2n) is 5.38. The Kier molecular flexibility index (Phi) is 2.51. The lowest BCUT2D eigenvalue weighted by atomic mass is 9.77. The average molecular weight is 233 g/mol. The zero-order valence-electron chi connectivity index (χ0n) is 9.95. The summed E-state index contributed by atoms with van der Waals surface area (Å²) < 4.78 is 0. The Morgan fingerprint density at radius 1 is 1.06 bits per heavy atom. The maximum Gasteiger partial charge on any atom is 0.157 e. The zero-order chi connectivity index (χ0) is 11.9. The minimum Gasteiger partial charge on any atom is -0.504 e. The summed E-state index contributed by atoms with van der Waals surface area (Å²) in [4.78, 5) is 0. The summed E-state index contributed by atoms with van der Waals surface area (Å²) in [7, 11) is 0. The van der Waals surface area contributed by atoms with Gasteiger partial charge in [0.1, 0.15) is 0 Å². The molecule has 3 rings (SSSR count). The van der Waals surface area contributed by atoms with Crippen LogP contribution in [0.4, 0.5) is 0 Å². The number of phenolic OH excluding ortho intramolecular Hbond substituents is 2. The lowest BCUT2D eigenvalue weighted by Crippen LogP contribution is -2.34. The van der Waals surface area contributed by atoms with E-state index in [0.717, 1.165) is 19.0 Å². The number of aromatic hydroxyl groups is 2. The van der Waals surface area contributed by atoms with Crippen LogP contribution in [0.2, 0.25) is 0 Å². The Morgan fingerprint density at radius 2 is 1.76 bits per heavy atom. The van der Waals surface area contributed by atoms with Crippen molar-refractivity contribution in [1.82, 2.24) is 5.32 Å². The van der Waals surface area contributed by atoms with E-state index in [-0.39, 0.29) is 16.9 Å². The molecule has 0 radical (unpaired) electrons. The van der Waals surface area contributed by atoms with E-state index in [1.54, 1.807) is 12.1 Å². The molecule has 0 unspecified atom stereocenters. The average Bonchev–Trinajstić information content (AvgIpc) is 3.15. The summed E-state index contributed by atoms with van der Waals surface area (Å²) in [6.45, 7) is 2.22. The van der Waals surface area contributed by atoms with Crippen LogP contribution in [0.15, 0.2) is 18.2 Å². The van der Waals surface area contributed by atoms with Gasteiger partial charge in [0.05, 0.1) is 0 Å². The Morgan fingerprint density at radius 3 is 2.35 bits per heavy atom. The normalized spacial score (nSPS) is 23.5. The molecule has 3 heteroatoms. The number of phenols is 2. The highest BCUT2D eigenvalue weighted by molar-refractivity contribution is 5.45. The third-order valence-corrected chi connectivity index (χ3v) is 4.46. The molecule has 1 aliphatic heterocycles. The molecule has 0 atom stereocenters. The smallest absolute Gasteiger partial charge is 0.157 e. The summed E-state index contributed by atoms with van der Waals surface area (Å²) in [5, 5.41) is 22.4. The molecule has 2 fully saturated rings. The van der Waals surface area contributed by atoms with Crippen LogP contribution >= 0.6 is 0 Å². The molecule has 0 aromatic heterocycles. The largest absolute Gasteiger partial charge is 0.504 e. The van der Waals surface area contributed by atoms with Gasteiger partial charge in [0.15, 0.2) is 11.5 Å². The first-order chi connectivity index (χ1) is 8.22. The molecule has 1 aromatic carbocycles. The van der Waals surface area contributed by atoms with Crippen LogP contribution < -0.4 is 5.32 Å². The molecule has 2 aliphatic rings. The van der Waals surface area contributed by atoms with Gasteiger partial charge in [-0.05, 0) is 67.8 Å². The van der Waals surface area contributed by atoms with Crippen molar-refractivity contribution < 1.29 is 10.2 Å².